The van der Waals surface area contributed by atoms with Gasteiger partial charge in [0, 0.05) is 13.1 Å². The third-order valence-electron chi connectivity index (χ3n) is 2.43. The maximum Gasteiger partial charge on any atom is 0.416 e. The van der Waals surface area contributed by atoms with Crippen LogP contribution < -0.4 is 15.4 Å². The summed E-state index contributed by atoms with van der Waals surface area (Å²) in [6.45, 7) is 3.68. The van der Waals surface area contributed by atoms with Crippen molar-refractivity contribution in [1.29, 1.82) is 0 Å². The summed E-state index contributed by atoms with van der Waals surface area (Å²) in [7, 11) is 0. The molecule has 1 rings (SSSR count). The van der Waals surface area contributed by atoms with Gasteiger partial charge in [-0.2, -0.15) is 13.2 Å². The molecule has 0 aliphatic heterocycles. The molecule has 0 fully saturated rings. The smallest absolute Gasteiger partial charge is 0.416 e. The molecule has 0 saturated carbocycles. The second kappa shape index (κ2) is 7.74. The number of hydrogen-bond donors (Lipinski definition) is 2. The minimum atomic E-state index is -4.37. The van der Waals surface area contributed by atoms with Gasteiger partial charge in [-0.05, 0) is 30.8 Å². The summed E-state index contributed by atoms with van der Waals surface area (Å²) in [6.07, 6.45) is -4.37. The van der Waals surface area contributed by atoms with Crippen molar-refractivity contribution in [3.63, 3.8) is 0 Å². The molecular formula is C13H17F3N2O2. The summed E-state index contributed by atoms with van der Waals surface area (Å²) >= 11 is 0. The Hall–Kier alpha value is -1.76. The third-order valence-corrected chi connectivity index (χ3v) is 2.43. The Kier molecular flexibility index (Phi) is 6.30. The van der Waals surface area contributed by atoms with Gasteiger partial charge in [0.1, 0.15) is 5.75 Å². The number of benzene rings is 1. The van der Waals surface area contributed by atoms with E-state index in [-0.39, 0.29) is 18.3 Å². The van der Waals surface area contributed by atoms with Crippen LogP contribution in [0.25, 0.3) is 0 Å². The molecule has 1 aromatic rings. The zero-order chi connectivity index (χ0) is 15.0. The minimum Gasteiger partial charge on any atom is -0.484 e. The molecule has 4 nitrogen and oxygen atoms in total. The Morgan fingerprint density at radius 1 is 1.20 bits per heavy atom. The number of hydrogen-bond acceptors (Lipinski definition) is 3. The zero-order valence-electron chi connectivity index (χ0n) is 11.1. The number of nitrogens with one attached hydrogen (secondary N) is 2. The minimum absolute atomic E-state index is 0.222. The standard InChI is InChI=1S/C13H17F3N2O2/c1-2-17-7-8-18-12(19)9-20-11-5-3-10(4-6-11)13(14,15)16/h3-6,17H,2,7-9H2,1H3,(H,18,19). The first-order valence-corrected chi connectivity index (χ1v) is 6.21. The molecule has 2 N–H and O–H groups in total. The first-order valence-electron chi connectivity index (χ1n) is 6.21. The van der Waals surface area contributed by atoms with Gasteiger partial charge in [0.05, 0.1) is 5.56 Å². The topological polar surface area (TPSA) is 50.4 Å². The highest BCUT2D eigenvalue weighted by molar-refractivity contribution is 5.77. The molecule has 0 aliphatic rings. The lowest BCUT2D eigenvalue weighted by Gasteiger charge is -2.09. The quantitative estimate of drug-likeness (QED) is 0.753. The molecule has 0 heterocycles. The molecule has 0 spiro atoms. The summed E-state index contributed by atoms with van der Waals surface area (Å²) in [5.74, 6) is -0.0948. The van der Waals surface area contributed by atoms with Crippen LogP contribution >= 0.6 is 0 Å². The van der Waals surface area contributed by atoms with Crippen LogP contribution in [-0.4, -0.2) is 32.1 Å². The molecule has 0 aromatic heterocycles. The van der Waals surface area contributed by atoms with Crippen LogP contribution in [0.1, 0.15) is 12.5 Å². The van der Waals surface area contributed by atoms with Gasteiger partial charge >= 0.3 is 6.18 Å². The highest BCUT2D eigenvalue weighted by Gasteiger charge is 2.29. The molecule has 1 amide bonds. The first-order chi connectivity index (χ1) is 9.43. The van der Waals surface area contributed by atoms with Crippen molar-refractivity contribution in [2.45, 2.75) is 13.1 Å². The summed E-state index contributed by atoms with van der Waals surface area (Å²) in [5.41, 5.74) is -0.750. The van der Waals surface area contributed by atoms with Crippen molar-refractivity contribution in [3.05, 3.63) is 29.8 Å². The van der Waals surface area contributed by atoms with E-state index in [2.05, 4.69) is 10.6 Å². The number of halogens is 3. The highest BCUT2D eigenvalue weighted by Crippen LogP contribution is 2.30. The van der Waals surface area contributed by atoms with E-state index >= 15 is 0 Å². The predicted octanol–water partition coefficient (Wildman–Crippen LogP) is 1.81. The zero-order valence-corrected chi connectivity index (χ0v) is 11.1. The van der Waals surface area contributed by atoms with Gasteiger partial charge in [-0.3, -0.25) is 4.79 Å². The Morgan fingerprint density at radius 3 is 2.40 bits per heavy atom. The second-order valence-electron chi connectivity index (χ2n) is 4.01. The number of ether oxygens (including phenoxy) is 1. The number of carbonyl (C=O) groups is 1. The molecule has 0 unspecified atom stereocenters. The number of alkyl halides is 3. The van der Waals surface area contributed by atoms with E-state index in [9.17, 15) is 18.0 Å². The SMILES string of the molecule is CCNCCNC(=O)COc1ccc(C(F)(F)F)cc1. The molecule has 0 saturated heterocycles. The van der Waals surface area contributed by atoms with Crippen LogP contribution in [0.15, 0.2) is 24.3 Å². The van der Waals surface area contributed by atoms with Gasteiger partial charge in [0.15, 0.2) is 6.61 Å². The van der Waals surface area contributed by atoms with Gasteiger partial charge in [0.25, 0.3) is 5.91 Å². The van der Waals surface area contributed by atoms with Gasteiger partial charge in [-0.1, -0.05) is 6.92 Å². The Bertz CT molecular complexity index is 419. The Labute approximate surface area is 115 Å². The number of rotatable bonds is 7. The van der Waals surface area contributed by atoms with Crippen LogP contribution in [0.2, 0.25) is 0 Å². The molecular weight excluding hydrogens is 273 g/mol. The highest BCUT2D eigenvalue weighted by atomic mass is 19.4. The van der Waals surface area contributed by atoms with E-state index < -0.39 is 11.7 Å². The van der Waals surface area contributed by atoms with Gasteiger partial charge < -0.3 is 15.4 Å². The average molecular weight is 290 g/mol. The van der Waals surface area contributed by atoms with E-state index in [1.807, 2.05) is 6.92 Å². The average Bonchev–Trinajstić information content (AvgIpc) is 2.41. The van der Waals surface area contributed by atoms with Crippen LogP contribution in [0.3, 0.4) is 0 Å². The van der Waals surface area contributed by atoms with Crippen LogP contribution in [0.5, 0.6) is 5.75 Å². The fraction of sp³-hybridized carbons (Fsp3) is 0.462. The second-order valence-corrected chi connectivity index (χ2v) is 4.01. The van der Waals surface area contributed by atoms with Gasteiger partial charge in [-0.25, -0.2) is 0 Å². The van der Waals surface area contributed by atoms with Crippen molar-refractivity contribution >= 4 is 5.91 Å². The van der Waals surface area contributed by atoms with Crippen LogP contribution in [-0.2, 0) is 11.0 Å². The fourth-order valence-corrected chi connectivity index (χ4v) is 1.41. The third kappa shape index (κ3) is 5.92. The van der Waals surface area contributed by atoms with Crippen molar-refractivity contribution in [2.24, 2.45) is 0 Å². The lowest BCUT2D eigenvalue weighted by Crippen LogP contribution is -2.34. The number of carbonyl (C=O) groups excluding carboxylic acids is 1. The number of amides is 1. The largest absolute Gasteiger partial charge is 0.484 e. The fourth-order valence-electron chi connectivity index (χ4n) is 1.41. The van der Waals surface area contributed by atoms with E-state index in [4.69, 9.17) is 4.74 Å². The van der Waals surface area contributed by atoms with Crippen LogP contribution in [0, 0.1) is 0 Å². The lowest BCUT2D eigenvalue weighted by molar-refractivity contribution is -0.137. The van der Waals surface area contributed by atoms with Crippen LogP contribution in [0.4, 0.5) is 13.2 Å². The number of likely N-dealkylation sites (N-methyl/N-ethyl adjacent to an activating group) is 1. The van der Waals surface area contributed by atoms with Crippen molar-refractivity contribution in [1.82, 2.24) is 10.6 Å². The molecule has 7 heteroatoms. The Balaban J connectivity index is 2.33. The molecule has 0 aliphatic carbocycles. The first kappa shape index (κ1) is 16.3. The van der Waals surface area contributed by atoms with E-state index in [1.165, 1.54) is 12.1 Å². The maximum atomic E-state index is 12.3. The van der Waals surface area contributed by atoms with Crippen molar-refractivity contribution < 1.29 is 22.7 Å². The van der Waals surface area contributed by atoms with E-state index in [0.29, 0.717) is 13.1 Å². The normalized spacial score (nSPS) is 11.2. The molecule has 20 heavy (non-hydrogen) atoms. The van der Waals surface area contributed by atoms with Gasteiger partial charge in [0.2, 0.25) is 0 Å². The molecule has 0 radical (unpaired) electrons. The maximum absolute atomic E-state index is 12.3. The van der Waals surface area contributed by atoms with E-state index in [0.717, 1.165) is 18.7 Å². The summed E-state index contributed by atoms with van der Waals surface area (Å²) < 4.78 is 42.1. The monoisotopic (exact) mass is 290 g/mol. The predicted molar refractivity (Wildman–Crippen MR) is 68.5 cm³/mol. The molecule has 112 valence electrons. The molecule has 0 bridgehead atoms. The van der Waals surface area contributed by atoms with Crippen molar-refractivity contribution in [2.75, 3.05) is 26.2 Å². The summed E-state index contributed by atoms with van der Waals surface area (Å²) in [5, 5.41) is 5.65. The Morgan fingerprint density at radius 2 is 1.85 bits per heavy atom. The molecule has 0 atom stereocenters. The van der Waals surface area contributed by atoms with Gasteiger partial charge in [-0.15, -0.1) is 0 Å². The van der Waals surface area contributed by atoms with E-state index in [1.54, 1.807) is 0 Å². The molecule has 1 aromatic carbocycles. The lowest BCUT2D eigenvalue weighted by atomic mass is 10.2. The van der Waals surface area contributed by atoms with Crippen molar-refractivity contribution in [3.8, 4) is 5.75 Å². The summed E-state index contributed by atoms with van der Waals surface area (Å²) in [4.78, 5) is 11.4. The summed E-state index contributed by atoms with van der Waals surface area (Å²) in [6, 6.07) is 4.21.